The highest BCUT2D eigenvalue weighted by atomic mass is 35.5. The second-order valence-electron chi connectivity index (χ2n) is 4.86. The van der Waals surface area contributed by atoms with Gasteiger partial charge in [-0.2, -0.15) is 0 Å². The number of nitrogens with zero attached hydrogens (tertiary/aromatic N) is 4. The van der Waals surface area contributed by atoms with E-state index in [0.29, 0.717) is 0 Å². The number of anilines is 1. The van der Waals surface area contributed by atoms with E-state index in [1.54, 1.807) is 0 Å². The smallest absolute Gasteiger partial charge is 0.225 e. The lowest BCUT2D eigenvalue weighted by molar-refractivity contribution is 0.311. The molecule has 5 nitrogen and oxygen atoms in total. The molecule has 0 bridgehead atoms. The lowest BCUT2D eigenvalue weighted by Gasteiger charge is -2.32. The van der Waals surface area contributed by atoms with Crippen molar-refractivity contribution in [1.82, 2.24) is 20.2 Å². The third kappa shape index (κ3) is 2.74. The predicted octanol–water partition coefficient (Wildman–Crippen LogP) is 0.296. The highest BCUT2D eigenvalue weighted by Gasteiger charge is 2.18. The molecule has 1 fully saturated rings. The molecule has 0 saturated carbocycles. The summed E-state index contributed by atoms with van der Waals surface area (Å²) in [5, 5.41) is 3.35. The number of nitrogens with one attached hydrogen (secondary N) is 1. The average Bonchev–Trinajstić information content (AvgIpc) is 2.39. The van der Waals surface area contributed by atoms with Crippen LogP contribution in [0.1, 0.15) is 11.3 Å². The van der Waals surface area contributed by atoms with Gasteiger partial charge in [-0.1, -0.05) is 0 Å². The fourth-order valence-corrected chi connectivity index (χ4v) is 2.38. The van der Waals surface area contributed by atoms with Crippen molar-refractivity contribution in [3.05, 3.63) is 17.5 Å². The molecule has 6 heteroatoms. The van der Waals surface area contributed by atoms with Crippen LogP contribution in [-0.4, -0.2) is 54.6 Å². The molecule has 1 saturated heterocycles. The Morgan fingerprint density at radius 3 is 2.78 bits per heavy atom. The number of halogens is 1. The predicted molar refractivity (Wildman–Crippen MR) is 74.4 cm³/mol. The van der Waals surface area contributed by atoms with Gasteiger partial charge in [-0.3, -0.25) is 0 Å². The Balaban J connectivity index is 0.00000120. The topological polar surface area (TPSA) is 44.3 Å². The van der Waals surface area contributed by atoms with Crippen LogP contribution < -0.4 is 10.2 Å². The third-order valence-electron chi connectivity index (χ3n) is 3.58. The first-order valence-corrected chi connectivity index (χ1v) is 6.32. The van der Waals surface area contributed by atoms with E-state index in [4.69, 9.17) is 4.98 Å². The molecule has 2 aliphatic rings. The number of fused-ring (bicyclic) bond motifs is 1. The van der Waals surface area contributed by atoms with E-state index in [2.05, 4.69) is 27.1 Å². The molecule has 3 heterocycles. The largest absolute Gasteiger partial charge is 0.338 e. The van der Waals surface area contributed by atoms with E-state index >= 15 is 0 Å². The normalized spacial score (nSPS) is 20.2. The van der Waals surface area contributed by atoms with Gasteiger partial charge in [0.2, 0.25) is 5.95 Å². The summed E-state index contributed by atoms with van der Waals surface area (Å²) >= 11 is 0. The molecule has 0 radical (unpaired) electrons. The molecule has 100 valence electrons. The van der Waals surface area contributed by atoms with Crippen LogP contribution in [0.25, 0.3) is 0 Å². The van der Waals surface area contributed by atoms with Gasteiger partial charge >= 0.3 is 0 Å². The van der Waals surface area contributed by atoms with Gasteiger partial charge in [-0.05, 0) is 7.05 Å². The average molecular weight is 270 g/mol. The van der Waals surface area contributed by atoms with Crippen molar-refractivity contribution in [3.63, 3.8) is 0 Å². The number of hydrogen-bond acceptors (Lipinski definition) is 5. The van der Waals surface area contributed by atoms with Crippen LogP contribution in [0.2, 0.25) is 0 Å². The van der Waals surface area contributed by atoms with E-state index in [9.17, 15) is 0 Å². The minimum absolute atomic E-state index is 0. The third-order valence-corrected chi connectivity index (χ3v) is 3.58. The molecule has 3 rings (SSSR count). The monoisotopic (exact) mass is 269 g/mol. The van der Waals surface area contributed by atoms with Crippen molar-refractivity contribution in [1.29, 1.82) is 0 Å². The van der Waals surface area contributed by atoms with Crippen molar-refractivity contribution in [2.45, 2.75) is 13.0 Å². The Labute approximate surface area is 114 Å². The van der Waals surface area contributed by atoms with Gasteiger partial charge in [0.1, 0.15) is 0 Å². The second kappa shape index (κ2) is 5.82. The summed E-state index contributed by atoms with van der Waals surface area (Å²) in [4.78, 5) is 13.9. The van der Waals surface area contributed by atoms with Crippen molar-refractivity contribution < 1.29 is 0 Å². The molecule has 0 aromatic carbocycles. The molecule has 0 spiro atoms. The summed E-state index contributed by atoms with van der Waals surface area (Å²) in [7, 11) is 2.16. The maximum atomic E-state index is 4.72. The highest BCUT2D eigenvalue weighted by Crippen LogP contribution is 2.15. The quantitative estimate of drug-likeness (QED) is 0.794. The van der Waals surface area contributed by atoms with Crippen LogP contribution >= 0.6 is 12.4 Å². The number of aromatic nitrogens is 2. The van der Waals surface area contributed by atoms with Gasteiger partial charge in [-0.25, -0.2) is 9.97 Å². The molecule has 2 aliphatic heterocycles. The molecule has 18 heavy (non-hydrogen) atoms. The van der Waals surface area contributed by atoms with E-state index in [-0.39, 0.29) is 12.4 Å². The molecular formula is C12H20ClN5. The van der Waals surface area contributed by atoms with Crippen molar-refractivity contribution in [2.24, 2.45) is 0 Å². The molecule has 1 N–H and O–H groups in total. The molecule has 1 aromatic rings. The Morgan fingerprint density at radius 2 is 2.00 bits per heavy atom. The molecule has 0 amide bonds. The van der Waals surface area contributed by atoms with E-state index in [1.165, 1.54) is 11.3 Å². The maximum absolute atomic E-state index is 4.72. The van der Waals surface area contributed by atoms with Gasteiger partial charge in [0.15, 0.2) is 0 Å². The lowest BCUT2D eigenvalue weighted by Crippen LogP contribution is -2.45. The van der Waals surface area contributed by atoms with Gasteiger partial charge < -0.3 is 15.1 Å². The van der Waals surface area contributed by atoms with E-state index in [0.717, 1.165) is 51.6 Å². The van der Waals surface area contributed by atoms with Gasteiger partial charge in [0.25, 0.3) is 0 Å². The first-order chi connectivity index (χ1) is 8.33. The van der Waals surface area contributed by atoms with Crippen molar-refractivity contribution in [3.8, 4) is 0 Å². The summed E-state index contributed by atoms with van der Waals surface area (Å²) in [6.07, 6.45) is 3.01. The fraction of sp³-hybridized carbons (Fsp3) is 0.667. The minimum atomic E-state index is 0. The van der Waals surface area contributed by atoms with Crippen LogP contribution in [-0.2, 0) is 13.0 Å². The summed E-state index contributed by atoms with van der Waals surface area (Å²) in [6.45, 7) is 6.22. The summed E-state index contributed by atoms with van der Waals surface area (Å²) in [6, 6.07) is 0. The minimum Gasteiger partial charge on any atom is -0.338 e. The summed E-state index contributed by atoms with van der Waals surface area (Å²) in [5.74, 6) is 0.916. The van der Waals surface area contributed by atoms with Gasteiger partial charge in [-0.15, -0.1) is 12.4 Å². The Hall–Kier alpha value is -0.910. The van der Waals surface area contributed by atoms with E-state index < -0.39 is 0 Å². The number of hydrogen-bond donors (Lipinski definition) is 1. The van der Waals surface area contributed by atoms with Crippen LogP contribution in [0.4, 0.5) is 5.95 Å². The van der Waals surface area contributed by atoms with Crippen molar-refractivity contribution >= 4 is 18.4 Å². The van der Waals surface area contributed by atoms with Crippen LogP contribution in [0.3, 0.4) is 0 Å². The number of likely N-dealkylation sites (N-methyl/N-ethyl adjacent to an activating group) is 1. The van der Waals surface area contributed by atoms with E-state index in [1.807, 2.05) is 6.20 Å². The van der Waals surface area contributed by atoms with Crippen LogP contribution in [0, 0.1) is 0 Å². The molecule has 0 unspecified atom stereocenters. The van der Waals surface area contributed by atoms with Crippen LogP contribution in [0.15, 0.2) is 6.20 Å². The Morgan fingerprint density at radius 1 is 1.22 bits per heavy atom. The molecule has 1 aromatic heterocycles. The standard InChI is InChI=1S/C12H19N5.ClH/c1-16-4-6-17(7-5-16)12-14-9-10-8-13-3-2-11(10)15-12;/h9,13H,2-8H2,1H3;1H. The second-order valence-corrected chi connectivity index (χ2v) is 4.86. The summed E-state index contributed by atoms with van der Waals surface area (Å²) in [5.41, 5.74) is 2.49. The molecule has 0 aliphatic carbocycles. The zero-order valence-corrected chi connectivity index (χ0v) is 11.5. The first kappa shape index (κ1) is 13.5. The first-order valence-electron chi connectivity index (χ1n) is 6.32. The highest BCUT2D eigenvalue weighted by molar-refractivity contribution is 5.85. The zero-order chi connectivity index (χ0) is 11.7. The number of rotatable bonds is 1. The number of piperazine rings is 1. The Bertz CT molecular complexity index is 403. The lowest BCUT2D eigenvalue weighted by atomic mass is 10.1. The maximum Gasteiger partial charge on any atom is 0.225 e. The van der Waals surface area contributed by atoms with Crippen LogP contribution in [0.5, 0.6) is 0 Å². The van der Waals surface area contributed by atoms with Gasteiger partial charge in [0, 0.05) is 57.4 Å². The molecular weight excluding hydrogens is 250 g/mol. The summed E-state index contributed by atoms with van der Waals surface area (Å²) < 4.78 is 0. The van der Waals surface area contributed by atoms with Gasteiger partial charge in [0.05, 0.1) is 5.69 Å². The SMILES string of the molecule is CN1CCN(c2ncc3c(n2)CCNC3)CC1.Cl. The molecule has 0 atom stereocenters. The van der Waals surface area contributed by atoms with Crippen molar-refractivity contribution in [2.75, 3.05) is 44.7 Å². The fourth-order valence-electron chi connectivity index (χ4n) is 2.38. The zero-order valence-electron chi connectivity index (χ0n) is 10.7. The Kier molecular flexibility index (Phi) is 4.37.